The van der Waals surface area contributed by atoms with Gasteiger partial charge in [0.2, 0.25) is 0 Å². The molecule has 0 aromatic heterocycles. The minimum Gasteiger partial charge on any atom is -0.466 e. The zero-order chi connectivity index (χ0) is 34.8. The lowest BCUT2D eigenvalue weighted by Gasteiger charge is -2.28. The molecule has 0 amide bonds. The molecule has 1 rings (SSSR count). The Kier molecular flexibility index (Phi) is 32.9. The molecule has 0 aromatic carbocycles. The molecule has 1 aliphatic heterocycles. The summed E-state index contributed by atoms with van der Waals surface area (Å²) in [7, 11) is 2.22. The summed E-state index contributed by atoms with van der Waals surface area (Å²) >= 11 is 0. The number of nitrogens with zero attached hydrogens (tertiary/aromatic N) is 1. The van der Waals surface area contributed by atoms with Crippen LogP contribution in [0.3, 0.4) is 0 Å². The fourth-order valence-electron chi connectivity index (χ4n) is 7.43. The Balaban J connectivity index is 2.14. The van der Waals surface area contributed by atoms with Gasteiger partial charge >= 0.3 is 5.97 Å². The Labute approximate surface area is 300 Å². The van der Waals surface area contributed by atoms with Crippen molar-refractivity contribution in [3.8, 4) is 0 Å². The van der Waals surface area contributed by atoms with Crippen molar-refractivity contribution in [2.24, 2.45) is 17.8 Å². The van der Waals surface area contributed by atoms with Crippen LogP contribution in [0, 0.1) is 17.8 Å². The number of carbonyl (C=O) groups excluding carboxylic acids is 1. The van der Waals surface area contributed by atoms with E-state index < -0.39 is 0 Å². The molecule has 0 aliphatic carbocycles. The second kappa shape index (κ2) is 34.8. The van der Waals surface area contributed by atoms with Crippen LogP contribution in [0.25, 0.3) is 0 Å². The largest absolute Gasteiger partial charge is 0.466 e. The molecule has 0 bridgehead atoms. The van der Waals surface area contributed by atoms with Gasteiger partial charge in [0, 0.05) is 6.42 Å². The molecule has 1 heterocycles. The maximum absolute atomic E-state index is 12.3. The van der Waals surface area contributed by atoms with Gasteiger partial charge in [-0.3, -0.25) is 4.79 Å². The summed E-state index contributed by atoms with van der Waals surface area (Å²) in [5.41, 5.74) is 0. The van der Waals surface area contributed by atoms with Gasteiger partial charge in [-0.1, -0.05) is 156 Å². The van der Waals surface area contributed by atoms with E-state index in [1.807, 2.05) is 0 Å². The predicted octanol–water partition coefficient (Wildman–Crippen LogP) is 12.7. The van der Waals surface area contributed by atoms with Crippen LogP contribution >= 0.6 is 0 Å². The van der Waals surface area contributed by atoms with E-state index in [4.69, 9.17) is 14.2 Å². The summed E-state index contributed by atoms with van der Waals surface area (Å²) in [6.07, 6.45) is 36.9. The first-order valence-corrected chi connectivity index (χ1v) is 21.6. The van der Waals surface area contributed by atoms with E-state index in [9.17, 15) is 4.79 Å². The van der Waals surface area contributed by atoms with Crippen LogP contribution in [-0.4, -0.2) is 57.6 Å². The van der Waals surface area contributed by atoms with E-state index in [1.54, 1.807) is 0 Å². The molecule has 1 saturated heterocycles. The average Bonchev–Trinajstić information content (AvgIpc) is 3.09. The predicted molar refractivity (Wildman–Crippen MR) is 207 cm³/mol. The minimum atomic E-state index is 0.0163. The molecular weight excluding hydrogens is 594 g/mol. The summed E-state index contributed by atoms with van der Waals surface area (Å²) in [5.74, 6) is 2.20. The van der Waals surface area contributed by atoms with Gasteiger partial charge in [-0.05, 0) is 82.8 Å². The lowest BCUT2D eigenvalue weighted by Crippen LogP contribution is -2.32. The second-order valence-corrected chi connectivity index (χ2v) is 15.6. The molecule has 5 heteroatoms. The molecule has 286 valence electrons. The molecule has 48 heavy (non-hydrogen) atoms. The van der Waals surface area contributed by atoms with Crippen molar-refractivity contribution in [1.29, 1.82) is 0 Å². The number of ether oxygens (including phenoxy) is 3. The Morgan fingerprint density at radius 3 is 1.62 bits per heavy atom. The number of rotatable bonds is 36. The third-order valence-corrected chi connectivity index (χ3v) is 10.9. The molecule has 1 fully saturated rings. The first-order valence-electron chi connectivity index (χ1n) is 21.6. The van der Waals surface area contributed by atoms with Crippen molar-refractivity contribution in [2.45, 2.75) is 207 Å². The van der Waals surface area contributed by atoms with Gasteiger partial charge in [0.25, 0.3) is 0 Å². The number of hydrogen-bond donors (Lipinski definition) is 0. The number of hydrogen-bond acceptors (Lipinski definition) is 5. The number of esters is 1. The van der Waals surface area contributed by atoms with Crippen molar-refractivity contribution in [3.63, 3.8) is 0 Å². The maximum atomic E-state index is 12.3. The molecule has 0 spiro atoms. The highest BCUT2D eigenvalue weighted by molar-refractivity contribution is 5.69. The van der Waals surface area contributed by atoms with Crippen LogP contribution in [0.4, 0.5) is 0 Å². The van der Waals surface area contributed by atoms with E-state index in [2.05, 4.69) is 32.7 Å². The summed E-state index contributed by atoms with van der Waals surface area (Å²) in [6, 6.07) is 0. The normalized spacial score (nSPS) is 15.0. The average molecular weight is 680 g/mol. The lowest BCUT2D eigenvalue weighted by atomic mass is 9.91. The van der Waals surface area contributed by atoms with Crippen LogP contribution in [0.15, 0.2) is 0 Å². The van der Waals surface area contributed by atoms with Gasteiger partial charge in [-0.25, -0.2) is 0 Å². The fourth-order valence-corrected chi connectivity index (χ4v) is 7.43. The molecule has 0 N–H and O–H groups in total. The quantitative estimate of drug-likeness (QED) is 0.0375. The minimum absolute atomic E-state index is 0.0163. The Morgan fingerprint density at radius 1 is 0.583 bits per heavy atom. The molecule has 0 radical (unpaired) electrons. The van der Waals surface area contributed by atoms with Crippen LogP contribution in [-0.2, 0) is 19.0 Å². The third-order valence-electron chi connectivity index (χ3n) is 10.9. The van der Waals surface area contributed by atoms with Gasteiger partial charge in [-0.2, -0.15) is 0 Å². The summed E-state index contributed by atoms with van der Waals surface area (Å²) < 4.78 is 17.6. The molecule has 0 aromatic rings. The summed E-state index contributed by atoms with van der Waals surface area (Å²) in [5, 5.41) is 0. The molecule has 0 saturated carbocycles. The van der Waals surface area contributed by atoms with Gasteiger partial charge in [0.15, 0.2) is 0 Å². The SMILES string of the molecule is CCCCCCCCCCC(CCCCCCCCC(=O)OCCCC(CCCCC)CCCCC)COCOCC1CCN(C)CC1. The van der Waals surface area contributed by atoms with Crippen molar-refractivity contribution in [3.05, 3.63) is 0 Å². The highest BCUT2D eigenvalue weighted by atomic mass is 16.7. The van der Waals surface area contributed by atoms with E-state index >= 15 is 0 Å². The highest BCUT2D eigenvalue weighted by Gasteiger charge is 2.17. The number of unbranched alkanes of at least 4 members (excludes halogenated alkanes) is 16. The first-order chi connectivity index (χ1) is 23.6. The van der Waals surface area contributed by atoms with E-state index in [0.29, 0.717) is 31.7 Å². The van der Waals surface area contributed by atoms with Crippen LogP contribution in [0.5, 0.6) is 0 Å². The number of piperidine rings is 1. The van der Waals surface area contributed by atoms with Gasteiger partial charge < -0.3 is 19.1 Å². The van der Waals surface area contributed by atoms with Crippen LogP contribution in [0.1, 0.15) is 207 Å². The van der Waals surface area contributed by atoms with Gasteiger partial charge in [-0.15, -0.1) is 0 Å². The Bertz CT molecular complexity index is 655. The summed E-state index contributed by atoms with van der Waals surface area (Å²) in [6.45, 7) is 12.0. The Hall–Kier alpha value is -0.650. The number of likely N-dealkylation sites (tertiary alicyclic amines) is 1. The topological polar surface area (TPSA) is 48.0 Å². The van der Waals surface area contributed by atoms with Gasteiger partial charge in [0.1, 0.15) is 6.79 Å². The van der Waals surface area contributed by atoms with Crippen LogP contribution in [0.2, 0.25) is 0 Å². The molecule has 1 aliphatic rings. The number of carbonyl (C=O) groups is 1. The zero-order valence-corrected chi connectivity index (χ0v) is 33.1. The smallest absolute Gasteiger partial charge is 0.305 e. The molecule has 1 atom stereocenters. The second-order valence-electron chi connectivity index (χ2n) is 15.6. The highest BCUT2D eigenvalue weighted by Crippen LogP contribution is 2.23. The molecule has 1 unspecified atom stereocenters. The van der Waals surface area contributed by atoms with Crippen molar-refractivity contribution >= 4 is 5.97 Å². The third kappa shape index (κ3) is 29.1. The maximum Gasteiger partial charge on any atom is 0.305 e. The van der Waals surface area contributed by atoms with E-state index in [-0.39, 0.29) is 5.97 Å². The first kappa shape index (κ1) is 45.4. The fraction of sp³-hybridized carbons (Fsp3) is 0.977. The monoisotopic (exact) mass is 680 g/mol. The van der Waals surface area contributed by atoms with Crippen molar-refractivity contribution in [1.82, 2.24) is 4.90 Å². The molecule has 5 nitrogen and oxygen atoms in total. The van der Waals surface area contributed by atoms with Crippen molar-refractivity contribution in [2.75, 3.05) is 46.8 Å². The van der Waals surface area contributed by atoms with Gasteiger partial charge in [0.05, 0.1) is 19.8 Å². The van der Waals surface area contributed by atoms with Crippen LogP contribution < -0.4 is 0 Å². The Morgan fingerprint density at radius 2 is 1.04 bits per heavy atom. The zero-order valence-electron chi connectivity index (χ0n) is 33.1. The molecular formula is C43H85NO4. The van der Waals surface area contributed by atoms with E-state index in [0.717, 1.165) is 38.4 Å². The van der Waals surface area contributed by atoms with Crippen molar-refractivity contribution < 1.29 is 19.0 Å². The van der Waals surface area contributed by atoms with E-state index in [1.165, 1.54) is 174 Å². The lowest BCUT2D eigenvalue weighted by molar-refractivity contribution is -0.144. The summed E-state index contributed by atoms with van der Waals surface area (Å²) in [4.78, 5) is 14.7. The standard InChI is InChI=1S/C43H85NO4/c1-5-8-11-12-13-14-17-22-28-41(37-46-39-47-38-42-32-34-44(4)35-33-42)29-23-18-15-16-19-24-31-43(45)48-36-25-30-40(26-20-9-6-2)27-21-10-7-3/h40-42H,5-39H2,1-4H3.